The van der Waals surface area contributed by atoms with Crippen molar-refractivity contribution in [3.63, 3.8) is 0 Å². The summed E-state index contributed by atoms with van der Waals surface area (Å²) < 4.78 is 7.07. The highest BCUT2D eigenvalue weighted by Crippen LogP contribution is 2.64. The third kappa shape index (κ3) is 3.70. The first-order chi connectivity index (χ1) is 23.7. The maximum absolute atomic E-state index is 7.07. The van der Waals surface area contributed by atoms with Crippen molar-refractivity contribution in [1.29, 1.82) is 0 Å². The molecule has 48 heavy (non-hydrogen) atoms. The fraction of sp³-hybridized carbons (Fsp3) is 0.0465. The van der Waals surface area contributed by atoms with Gasteiger partial charge in [-0.3, -0.25) is 4.98 Å². The molecule has 0 amide bonds. The molecule has 0 saturated carbocycles. The van der Waals surface area contributed by atoms with Crippen molar-refractivity contribution in [2.24, 2.45) is 0 Å². The van der Waals surface area contributed by atoms with Crippen LogP contribution < -0.4 is 14.7 Å². The molecule has 228 valence electrons. The van der Waals surface area contributed by atoms with Crippen molar-refractivity contribution in [2.45, 2.75) is 13.8 Å². The van der Waals surface area contributed by atoms with Gasteiger partial charge in [-0.2, -0.15) is 0 Å². The van der Waals surface area contributed by atoms with E-state index in [-0.39, 0.29) is 0 Å². The number of benzene rings is 6. The minimum absolute atomic E-state index is 0.846. The van der Waals surface area contributed by atoms with Gasteiger partial charge in [-0.15, -0.1) is 0 Å². The van der Waals surface area contributed by atoms with Crippen LogP contribution in [0.3, 0.4) is 0 Å². The van der Waals surface area contributed by atoms with Crippen molar-refractivity contribution in [1.82, 2.24) is 4.98 Å². The van der Waals surface area contributed by atoms with Crippen LogP contribution in [0, 0.1) is 13.8 Å². The molecule has 10 rings (SSSR count). The van der Waals surface area contributed by atoms with E-state index < -0.39 is 0 Å². The van der Waals surface area contributed by atoms with Gasteiger partial charge in [0, 0.05) is 33.9 Å². The molecule has 0 bridgehead atoms. The lowest BCUT2D eigenvalue weighted by molar-refractivity contribution is 0.670. The SMILES string of the molecule is Cc1cnc(-c2cccc3c2oc2c4c(ccc23)N2c3ccccc3N(c3ccccc3)c3cccc(c32)N4c2ccccc2)cc1C. The Balaban J connectivity index is 1.30. The summed E-state index contributed by atoms with van der Waals surface area (Å²) >= 11 is 0. The molecule has 2 aliphatic rings. The Kier molecular flexibility index (Phi) is 5.64. The molecule has 6 aromatic carbocycles. The van der Waals surface area contributed by atoms with Gasteiger partial charge < -0.3 is 19.1 Å². The second-order valence-electron chi connectivity index (χ2n) is 12.6. The summed E-state index contributed by atoms with van der Waals surface area (Å²) in [7, 11) is 0. The number of furan rings is 1. The normalized spacial score (nSPS) is 13.1. The van der Waals surface area contributed by atoms with Gasteiger partial charge in [0.1, 0.15) is 11.3 Å². The maximum Gasteiger partial charge on any atom is 0.161 e. The number of hydrogen-bond donors (Lipinski definition) is 0. The van der Waals surface area contributed by atoms with Crippen LogP contribution in [0.25, 0.3) is 33.2 Å². The summed E-state index contributed by atoms with van der Waals surface area (Å²) in [5.74, 6) is 0. The average Bonchev–Trinajstić information content (AvgIpc) is 3.53. The Labute approximate surface area is 278 Å². The van der Waals surface area contributed by atoms with Crippen LogP contribution >= 0.6 is 0 Å². The highest BCUT2D eigenvalue weighted by molar-refractivity contribution is 6.20. The zero-order valence-electron chi connectivity index (χ0n) is 26.6. The Morgan fingerprint density at radius 1 is 0.458 bits per heavy atom. The van der Waals surface area contributed by atoms with Crippen molar-refractivity contribution in [3.05, 3.63) is 157 Å². The monoisotopic (exact) mass is 618 g/mol. The smallest absolute Gasteiger partial charge is 0.161 e. The fourth-order valence-corrected chi connectivity index (χ4v) is 7.48. The van der Waals surface area contributed by atoms with Gasteiger partial charge in [-0.25, -0.2) is 0 Å². The molecule has 0 fully saturated rings. The van der Waals surface area contributed by atoms with Crippen LogP contribution in [-0.4, -0.2) is 4.98 Å². The Bertz CT molecular complexity index is 2560. The molecule has 0 unspecified atom stereocenters. The zero-order chi connectivity index (χ0) is 31.9. The lowest BCUT2D eigenvalue weighted by Gasteiger charge is -2.46. The molecule has 0 atom stereocenters. The van der Waals surface area contributed by atoms with Crippen LogP contribution in [-0.2, 0) is 0 Å². The Morgan fingerprint density at radius 2 is 1.04 bits per heavy atom. The number of aromatic nitrogens is 1. The fourth-order valence-electron chi connectivity index (χ4n) is 7.48. The number of anilines is 9. The predicted molar refractivity (Wildman–Crippen MR) is 198 cm³/mol. The minimum atomic E-state index is 0.846. The lowest BCUT2D eigenvalue weighted by Crippen LogP contribution is -2.30. The number of pyridine rings is 1. The number of hydrogen-bond acceptors (Lipinski definition) is 5. The standard InChI is InChI=1S/C43H30N4O/c1-27-25-34(44-26-28(27)2)33-18-11-17-31-32-23-24-39-41(43(32)48-42(31)33)46(30-15-7-4-8-16-30)38-22-12-21-37-40(38)47(39)36-20-10-9-19-35(36)45(37)29-13-5-3-6-14-29/h3-26H,1-2H3. The van der Waals surface area contributed by atoms with E-state index in [9.17, 15) is 0 Å². The van der Waals surface area contributed by atoms with Crippen molar-refractivity contribution >= 4 is 73.1 Å². The first-order valence-electron chi connectivity index (χ1n) is 16.3. The van der Waals surface area contributed by atoms with Gasteiger partial charge in [-0.1, -0.05) is 66.7 Å². The Hall–Kier alpha value is -6.33. The van der Waals surface area contributed by atoms with E-state index >= 15 is 0 Å². The molecule has 0 spiro atoms. The van der Waals surface area contributed by atoms with E-state index in [1.165, 1.54) is 11.1 Å². The maximum atomic E-state index is 7.07. The molecule has 2 aromatic heterocycles. The summed E-state index contributed by atoms with van der Waals surface area (Å²) in [6.07, 6.45) is 1.95. The lowest BCUT2D eigenvalue weighted by atomic mass is 9.97. The van der Waals surface area contributed by atoms with E-state index in [2.05, 4.69) is 168 Å². The van der Waals surface area contributed by atoms with Gasteiger partial charge >= 0.3 is 0 Å². The highest BCUT2D eigenvalue weighted by atomic mass is 16.3. The molecule has 8 aromatic rings. The number of fused-ring (bicyclic) bond motifs is 8. The number of para-hydroxylation sites is 6. The van der Waals surface area contributed by atoms with E-state index in [0.29, 0.717) is 0 Å². The molecule has 0 radical (unpaired) electrons. The molecule has 5 heteroatoms. The molecule has 0 aliphatic carbocycles. The third-order valence-electron chi connectivity index (χ3n) is 9.82. The van der Waals surface area contributed by atoms with Crippen LogP contribution in [0.15, 0.2) is 150 Å². The van der Waals surface area contributed by atoms with Crippen LogP contribution in [0.5, 0.6) is 0 Å². The van der Waals surface area contributed by atoms with Crippen LogP contribution in [0.1, 0.15) is 11.1 Å². The van der Waals surface area contributed by atoms with Crippen LogP contribution in [0.2, 0.25) is 0 Å². The predicted octanol–water partition coefficient (Wildman–Crippen LogP) is 12.3. The zero-order valence-corrected chi connectivity index (χ0v) is 26.6. The molecule has 0 N–H and O–H groups in total. The largest absolute Gasteiger partial charge is 0.453 e. The first-order valence-corrected chi connectivity index (χ1v) is 16.3. The summed E-state index contributed by atoms with van der Waals surface area (Å²) in [4.78, 5) is 12.0. The summed E-state index contributed by atoms with van der Waals surface area (Å²) in [5.41, 5.74) is 15.8. The summed E-state index contributed by atoms with van der Waals surface area (Å²) in [6, 6.07) is 49.6. The summed E-state index contributed by atoms with van der Waals surface area (Å²) in [5, 5.41) is 2.15. The second-order valence-corrected chi connectivity index (χ2v) is 12.6. The number of rotatable bonds is 3. The summed E-state index contributed by atoms with van der Waals surface area (Å²) in [6.45, 7) is 4.23. The molecule has 4 heterocycles. The van der Waals surface area contributed by atoms with Crippen LogP contribution in [0.4, 0.5) is 51.2 Å². The molecule has 0 saturated heterocycles. The van der Waals surface area contributed by atoms with Crippen molar-refractivity contribution < 1.29 is 4.42 Å². The van der Waals surface area contributed by atoms with Gasteiger partial charge in [0.15, 0.2) is 5.58 Å². The number of aryl methyl sites for hydroxylation is 2. The van der Waals surface area contributed by atoms with Crippen molar-refractivity contribution in [3.8, 4) is 11.3 Å². The minimum Gasteiger partial charge on any atom is -0.453 e. The molecular weight excluding hydrogens is 589 g/mol. The molecule has 2 aliphatic heterocycles. The molecular formula is C43H30N4O. The first kappa shape index (κ1) is 26.8. The van der Waals surface area contributed by atoms with Gasteiger partial charge in [-0.05, 0) is 97.8 Å². The highest BCUT2D eigenvalue weighted by Gasteiger charge is 2.40. The van der Waals surface area contributed by atoms with Crippen molar-refractivity contribution in [2.75, 3.05) is 14.7 Å². The van der Waals surface area contributed by atoms with Gasteiger partial charge in [0.2, 0.25) is 0 Å². The third-order valence-corrected chi connectivity index (χ3v) is 9.82. The second kappa shape index (κ2) is 10.1. The quantitative estimate of drug-likeness (QED) is 0.197. The van der Waals surface area contributed by atoms with E-state index in [4.69, 9.17) is 9.40 Å². The average molecular weight is 619 g/mol. The van der Waals surface area contributed by atoms with Gasteiger partial charge in [0.25, 0.3) is 0 Å². The topological polar surface area (TPSA) is 35.8 Å². The number of nitrogens with zero attached hydrogens (tertiary/aromatic N) is 4. The molecule has 5 nitrogen and oxygen atoms in total. The Morgan fingerprint density at radius 3 is 1.77 bits per heavy atom. The van der Waals surface area contributed by atoms with Gasteiger partial charge in [0.05, 0.1) is 39.8 Å². The van der Waals surface area contributed by atoms with E-state index in [1.54, 1.807) is 0 Å². The van der Waals surface area contributed by atoms with E-state index in [1.807, 2.05) is 6.20 Å². The van der Waals surface area contributed by atoms with E-state index in [0.717, 1.165) is 84.4 Å².